The SMILES string of the molecule is O=C1CC(NCc2cccc3ccccc23)CCCN1. The first-order valence-electron chi connectivity index (χ1n) is 7.29. The van der Waals surface area contributed by atoms with Crippen molar-refractivity contribution in [2.75, 3.05) is 6.54 Å². The maximum absolute atomic E-state index is 11.6. The fourth-order valence-electron chi connectivity index (χ4n) is 2.85. The normalized spacial score (nSPS) is 19.6. The van der Waals surface area contributed by atoms with Gasteiger partial charge in [0.2, 0.25) is 5.91 Å². The third-order valence-corrected chi connectivity index (χ3v) is 3.94. The predicted molar refractivity (Wildman–Crippen MR) is 81.4 cm³/mol. The lowest BCUT2D eigenvalue weighted by molar-refractivity contribution is -0.121. The van der Waals surface area contributed by atoms with Gasteiger partial charge in [-0.2, -0.15) is 0 Å². The van der Waals surface area contributed by atoms with Crippen molar-refractivity contribution in [1.82, 2.24) is 10.6 Å². The topological polar surface area (TPSA) is 41.1 Å². The van der Waals surface area contributed by atoms with E-state index in [1.165, 1.54) is 16.3 Å². The second-order valence-electron chi connectivity index (χ2n) is 5.41. The molecule has 20 heavy (non-hydrogen) atoms. The molecule has 3 nitrogen and oxygen atoms in total. The van der Waals surface area contributed by atoms with Crippen LogP contribution in [0.25, 0.3) is 10.8 Å². The molecule has 1 aliphatic heterocycles. The highest BCUT2D eigenvalue weighted by molar-refractivity contribution is 5.85. The van der Waals surface area contributed by atoms with E-state index >= 15 is 0 Å². The zero-order valence-corrected chi connectivity index (χ0v) is 11.6. The Hall–Kier alpha value is -1.87. The number of amides is 1. The number of benzene rings is 2. The van der Waals surface area contributed by atoms with Crippen molar-refractivity contribution in [2.24, 2.45) is 0 Å². The summed E-state index contributed by atoms with van der Waals surface area (Å²) in [7, 11) is 0. The van der Waals surface area contributed by atoms with Gasteiger partial charge >= 0.3 is 0 Å². The van der Waals surface area contributed by atoms with Gasteiger partial charge in [-0.05, 0) is 29.2 Å². The first-order valence-corrected chi connectivity index (χ1v) is 7.29. The molecule has 2 aromatic carbocycles. The van der Waals surface area contributed by atoms with E-state index in [1.807, 2.05) is 0 Å². The fraction of sp³-hybridized carbons (Fsp3) is 0.353. The van der Waals surface area contributed by atoms with Crippen LogP contribution in [0.5, 0.6) is 0 Å². The van der Waals surface area contributed by atoms with Gasteiger partial charge in [-0.25, -0.2) is 0 Å². The number of hydrogen-bond acceptors (Lipinski definition) is 2. The average molecular weight is 268 g/mol. The van der Waals surface area contributed by atoms with E-state index in [0.717, 1.165) is 25.9 Å². The first kappa shape index (κ1) is 13.1. The molecule has 1 aliphatic rings. The lowest BCUT2D eigenvalue weighted by atomic mass is 10.0. The molecule has 1 fully saturated rings. The molecule has 0 radical (unpaired) electrons. The third-order valence-electron chi connectivity index (χ3n) is 3.94. The Balaban J connectivity index is 1.72. The van der Waals surface area contributed by atoms with Crippen molar-refractivity contribution in [3.63, 3.8) is 0 Å². The first-order chi connectivity index (χ1) is 9.83. The summed E-state index contributed by atoms with van der Waals surface area (Å²) < 4.78 is 0. The highest BCUT2D eigenvalue weighted by Crippen LogP contribution is 2.18. The van der Waals surface area contributed by atoms with Gasteiger partial charge in [0.05, 0.1) is 0 Å². The van der Waals surface area contributed by atoms with Crippen molar-refractivity contribution in [2.45, 2.75) is 31.8 Å². The number of rotatable bonds is 3. The summed E-state index contributed by atoms with van der Waals surface area (Å²) in [6.45, 7) is 1.63. The molecule has 0 saturated carbocycles. The molecule has 0 aromatic heterocycles. The third kappa shape index (κ3) is 2.99. The quantitative estimate of drug-likeness (QED) is 0.898. The largest absolute Gasteiger partial charge is 0.356 e. The average Bonchev–Trinajstić information content (AvgIpc) is 2.69. The van der Waals surface area contributed by atoms with Crippen LogP contribution >= 0.6 is 0 Å². The van der Waals surface area contributed by atoms with Crippen LogP contribution in [0.2, 0.25) is 0 Å². The molecule has 0 aliphatic carbocycles. The van der Waals surface area contributed by atoms with Crippen LogP contribution in [0, 0.1) is 0 Å². The van der Waals surface area contributed by atoms with Crippen LogP contribution in [0.3, 0.4) is 0 Å². The minimum atomic E-state index is 0.165. The number of hydrogen-bond donors (Lipinski definition) is 2. The smallest absolute Gasteiger partial charge is 0.221 e. The Morgan fingerprint density at radius 1 is 1.15 bits per heavy atom. The van der Waals surface area contributed by atoms with Gasteiger partial charge in [-0.15, -0.1) is 0 Å². The molecule has 3 heteroatoms. The molecule has 0 bridgehead atoms. The van der Waals surface area contributed by atoms with E-state index in [-0.39, 0.29) is 11.9 Å². The molecule has 0 spiro atoms. The maximum Gasteiger partial charge on any atom is 0.221 e. The van der Waals surface area contributed by atoms with Crippen molar-refractivity contribution < 1.29 is 4.79 Å². The number of carbonyl (C=O) groups is 1. The van der Waals surface area contributed by atoms with Crippen molar-refractivity contribution >= 4 is 16.7 Å². The zero-order chi connectivity index (χ0) is 13.8. The van der Waals surface area contributed by atoms with Crippen LogP contribution < -0.4 is 10.6 Å². The van der Waals surface area contributed by atoms with Crippen molar-refractivity contribution in [3.8, 4) is 0 Å². The highest BCUT2D eigenvalue weighted by atomic mass is 16.1. The van der Waals surface area contributed by atoms with Gasteiger partial charge < -0.3 is 10.6 Å². The van der Waals surface area contributed by atoms with E-state index in [9.17, 15) is 4.79 Å². The maximum atomic E-state index is 11.6. The Morgan fingerprint density at radius 3 is 2.95 bits per heavy atom. The standard InChI is InChI=1S/C17H20N2O/c20-17-11-15(8-4-10-18-17)19-12-14-7-3-6-13-5-1-2-9-16(13)14/h1-3,5-7,9,15,19H,4,8,10-12H2,(H,18,20). The van der Waals surface area contributed by atoms with Gasteiger partial charge in [0.1, 0.15) is 0 Å². The summed E-state index contributed by atoms with van der Waals surface area (Å²) in [5.41, 5.74) is 1.30. The van der Waals surface area contributed by atoms with Gasteiger partial charge in [0.25, 0.3) is 0 Å². The molecule has 1 atom stereocenters. The van der Waals surface area contributed by atoms with E-state index in [1.54, 1.807) is 0 Å². The summed E-state index contributed by atoms with van der Waals surface area (Å²) in [6, 6.07) is 15.1. The summed E-state index contributed by atoms with van der Waals surface area (Å²) in [5, 5.41) is 9.02. The molecule has 104 valence electrons. The Morgan fingerprint density at radius 2 is 2.00 bits per heavy atom. The Bertz CT molecular complexity index is 603. The van der Waals surface area contributed by atoms with Crippen LogP contribution in [-0.4, -0.2) is 18.5 Å². The summed E-state index contributed by atoms with van der Waals surface area (Å²) in [4.78, 5) is 11.6. The van der Waals surface area contributed by atoms with Crippen LogP contribution in [0.4, 0.5) is 0 Å². The lowest BCUT2D eigenvalue weighted by Gasteiger charge is -2.16. The Labute approximate surface area is 119 Å². The van der Waals surface area contributed by atoms with Gasteiger partial charge in [0, 0.05) is 25.6 Å². The van der Waals surface area contributed by atoms with Crippen molar-refractivity contribution in [1.29, 1.82) is 0 Å². The van der Waals surface area contributed by atoms with Gasteiger partial charge in [-0.3, -0.25) is 4.79 Å². The molecule has 2 aromatic rings. The molecule has 3 rings (SSSR count). The van der Waals surface area contributed by atoms with Crippen LogP contribution in [-0.2, 0) is 11.3 Å². The second-order valence-corrected chi connectivity index (χ2v) is 5.41. The van der Waals surface area contributed by atoms with Crippen molar-refractivity contribution in [3.05, 3.63) is 48.0 Å². The molecule has 1 amide bonds. The lowest BCUT2D eigenvalue weighted by Crippen LogP contribution is -2.32. The van der Waals surface area contributed by atoms with Gasteiger partial charge in [-0.1, -0.05) is 42.5 Å². The highest BCUT2D eigenvalue weighted by Gasteiger charge is 2.16. The molecule has 2 N–H and O–H groups in total. The molecule has 1 saturated heterocycles. The van der Waals surface area contributed by atoms with Crippen LogP contribution in [0.15, 0.2) is 42.5 Å². The van der Waals surface area contributed by atoms with E-state index in [4.69, 9.17) is 0 Å². The fourth-order valence-corrected chi connectivity index (χ4v) is 2.85. The minimum Gasteiger partial charge on any atom is -0.356 e. The number of carbonyl (C=O) groups excluding carboxylic acids is 1. The van der Waals surface area contributed by atoms with E-state index in [0.29, 0.717) is 6.42 Å². The predicted octanol–water partition coefficient (Wildman–Crippen LogP) is 2.60. The second kappa shape index (κ2) is 6.06. The van der Waals surface area contributed by atoms with Gasteiger partial charge in [0.15, 0.2) is 0 Å². The number of nitrogens with one attached hydrogen (secondary N) is 2. The molecule has 1 heterocycles. The number of fused-ring (bicyclic) bond motifs is 1. The van der Waals surface area contributed by atoms with E-state index < -0.39 is 0 Å². The Kier molecular flexibility index (Phi) is 3.97. The zero-order valence-electron chi connectivity index (χ0n) is 11.6. The molecular formula is C17H20N2O. The summed E-state index contributed by atoms with van der Waals surface area (Å²) in [5.74, 6) is 0.165. The summed E-state index contributed by atoms with van der Waals surface area (Å²) >= 11 is 0. The monoisotopic (exact) mass is 268 g/mol. The van der Waals surface area contributed by atoms with E-state index in [2.05, 4.69) is 53.1 Å². The molecular weight excluding hydrogens is 248 g/mol. The summed E-state index contributed by atoms with van der Waals surface area (Å²) in [6.07, 6.45) is 2.70. The van der Waals surface area contributed by atoms with Crippen LogP contribution in [0.1, 0.15) is 24.8 Å². The minimum absolute atomic E-state index is 0.165. The molecule has 1 unspecified atom stereocenters.